The second-order valence-electron chi connectivity index (χ2n) is 5.98. The van der Waals surface area contributed by atoms with Crippen LogP contribution in [0, 0.1) is 13.8 Å². The average Bonchev–Trinajstić information content (AvgIpc) is 3.10. The number of hydrogen-bond acceptors (Lipinski definition) is 5. The Balaban J connectivity index is 1.76. The highest BCUT2D eigenvalue weighted by molar-refractivity contribution is 5.99. The van der Waals surface area contributed by atoms with Gasteiger partial charge in [-0.15, -0.1) is 0 Å². The van der Waals surface area contributed by atoms with Gasteiger partial charge < -0.3 is 4.42 Å². The van der Waals surface area contributed by atoms with Crippen LogP contribution in [0.5, 0.6) is 0 Å². The molecule has 1 atom stereocenters. The van der Waals surface area contributed by atoms with Crippen molar-refractivity contribution in [1.29, 1.82) is 0 Å². The second kappa shape index (κ2) is 5.94. The monoisotopic (exact) mass is 336 g/mol. The van der Waals surface area contributed by atoms with E-state index in [0.29, 0.717) is 23.4 Å². The first-order chi connectivity index (χ1) is 12.1. The average molecular weight is 336 g/mol. The molecule has 0 unspecified atom stereocenters. The van der Waals surface area contributed by atoms with Gasteiger partial charge >= 0.3 is 5.96 Å². The Labute approximate surface area is 144 Å². The minimum atomic E-state index is -0.486. The van der Waals surface area contributed by atoms with Crippen LogP contribution in [0.15, 0.2) is 57.9 Å². The summed E-state index contributed by atoms with van der Waals surface area (Å²) < 4.78 is 7.04. The predicted molar refractivity (Wildman–Crippen MR) is 94.5 cm³/mol. The fourth-order valence-corrected chi connectivity index (χ4v) is 2.79. The third kappa shape index (κ3) is 2.91. The lowest BCUT2D eigenvalue weighted by atomic mass is 10.2. The number of furan rings is 1. The van der Waals surface area contributed by atoms with Crippen molar-refractivity contribution in [3.05, 3.63) is 76.1 Å². The van der Waals surface area contributed by atoms with Gasteiger partial charge in [-0.1, -0.05) is 17.7 Å². The lowest BCUT2D eigenvalue weighted by molar-refractivity contribution is -0.523. The predicted octanol–water partition coefficient (Wildman–Crippen LogP) is 0.974. The number of nitrogens with zero attached hydrogens (tertiary/aromatic N) is 2. The third-order valence-corrected chi connectivity index (χ3v) is 3.99. The van der Waals surface area contributed by atoms with Gasteiger partial charge in [0.1, 0.15) is 0 Å². The smallest absolute Gasteiger partial charge is 0.357 e. The summed E-state index contributed by atoms with van der Waals surface area (Å²) >= 11 is 0. The van der Waals surface area contributed by atoms with E-state index in [1.54, 1.807) is 19.3 Å². The van der Waals surface area contributed by atoms with Crippen LogP contribution < -0.4 is 21.2 Å². The number of anilines is 2. The number of aromatic nitrogens is 2. The van der Waals surface area contributed by atoms with Gasteiger partial charge in [0.2, 0.25) is 6.17 Å². The van der Waals surface area contributed by atoms with E-state index in [1.165, 1.54) is 16.2 Å². The molecule has 2 aromatic heterocycles. The summed E-state index contributed by atoms with van der Waals surface area (Å²) in [6, 6.07) is 13.1. The zero-order chi connectivity index (χ0) is 17.4. The van der Waals surface area contributed by atoms with Gasteiger partial charge in [0.25, 0.3) is 11.5 Å². The zero-order valence-corrected chi connectivity index (χ0v) is 13.9. The van der Waals surface area contributed by atoms with Gasteiger partial charge in [0.15, 0.2) is 5.76 Å². The van der Waals surface area contributed by atoms with Crippen LogP contribution in [-0.2, 0) is 0 Å². The molecule has 3 heterocycles. The van der Waals surface area contributed by atoms with Crippen molar-refractivity contribution in [2.24, 2.45) is 0 Å². The normalized spacial score (nSPS) is 15.9. The Hall–Kier alpha value is -3.35. The molecule has 0 saturated carbocycles. The summed E-state index contributed by atoms with van der Waals surface area (Å²) in [6.45, 7) is 3.83. The first-order valence-electron chi connectivity index (χ1n) is 7.98. The molecule has 3 N–H and O–H groups in total. The fourth-order valence-electron chi connectivity index (χ4n) is 2.79. The molecule has 126 valence electrons. The molecule has 0 bridgehead atoms. The van der Waals surface area contributed by atoms with Crippen molar-refractivity contribution in [3.63, 3.8) is 0 Å². The van der Waals surface area contributed by atoms with Crippen LogP contribution in [0.25, 0.3) is 0 Å². The number of rotatable bonds is 2. The van der Waals surface area contributed by atoms with Crippen LogP contribution >= 0.6 is 0 Å². The Bertz CT molecular complexity index is 987. The van der Waals surface area contributed by atoms with Crippen molar-refractivity contribution < 1.29 is 9.41 Å². The molecule has 7 heteroatoms. The largest absolute Gasteiger partial charge is 0.464 e. The van der Waals surface area contributed by atoms with Crippen molar-refractivity contribution >= 4 is 17.6 Å². The zero-order valence-electron chi connectivity index (χ0n) is 13.9. The molecule has 0 aliphatic carbocycles. The van der Waals surface area contributed by atoms with Crippen LogP contribution in [0.1, 0.15) is 23.2 Å². The second-order valence-corrected chi connectivity index (χ2v) is 5.98. The van der Waals surface area contributed by atoms with Gasteiger partial charge in [-0.2, -0.15) is 0 Å². The Morgan fingerprint density at radius 2 is 2.04 bits per heavy atom. The summed E-state index contributed by atoms with van der Waals surface area (Å²) in [5, 5.41) is 6.42. The molecule has 0 radical (unpaired) electrons. The molecule has 0 amide bonds. The Morgan fingerprint density at radius 3 is 2.76 bits per heavy atom. The Kier molecular flexibility index (Phi) is 3.61. The number of benzene rings is 1. The molecule has 7 nitrogen and oxygen atoms in total. The number of fused-ring (bicyclic) bond motifs is 1. The van der Waals surface area contributed by atoms with E-state index in [9.17, 15) is 4.79 Å². The quantitative estimate of drug-likeness (QED) is 0.649. The van der Waals surface area contributed by atoms with E-state index in [2.05, 4.69) is 20.6 Å². The highest BCUT2D eigenvalue weighted by atomic mass is 16.3. The molecular weight excluding hydrogens is 318 g/mol. The van der Waals surface area contributed by atoms with Crippen LogP contribution in [0.3, 0.4) is 0 Å². The first kappa shape index (κ1) is 15.2. The molecule has 0 spiro atoms. The molecule has 0 saturated heterocycles. The highest BCUT2D eigenvalue weighted by Gasteiger charge is 2.30. The molecular formula is C18H18N5O2+. The van der Waals surface area contributed by atoms with Crippen molar-refractivity contribution in [1.82, 2.24) is 9.55 Å². The van der Waals surface area contributed by atoms with Gasteiger partial charge in [-0.3, -0.25) is 4.79 Å². The molecule has 1 aliphatic heterocycles. The molecule has 1 aromatic carbocycles. The summed E-state index contributed by atoms with van der Waals surface area (Å²) in [5.41, 5.74) is 2.60. The van der Waals surface area contributed by atoms with E-state index in [-0.39, 0.29) is 5.56 Å². The third-order valence-electron chi connectivity index (χ3n) is 3.99. The summed E-state index contributed by atoms with van der Waals surface area (Å²) in [7, 11) is 0. The maximum atomic E-state index is 12.5. The number of nitrogens with one attached hydrogen (secondary N) is 3. The molecule has 25 heavy (non-hydrogen) atoms. The maximum absolute atomic E-state index is 12.5. The van der Waals surface area contributed by atoms with E-state index in [0.717, 1.165) is 5.69 Å². The highest BCUT2D eigenvalue weighted by Crippen LogP contribution is 2.17. The van der Waals surface area contributed by atoms with Gasteiger partial charge in [-0.05, 0) is 38.1 Å². The SMILES string of the molecule is Cc1ccc(NC2=[NH+][C@@H](c3ccco3)n3c(nc(C)cc3=O)N2)cc1. The summed E-state index contributed by atoms with van der Waals surface area (Å²) in [6.07, 6.45) is 1.10. The lowest BCUT2D eigenvalue weighted by Crippen LogP contribution is -2.82. The van der Waals surface area contributed by atoms with E-state index < -0.39 is 6.17 Å². The lowest BCUT2D eigenvalue weighted by Gasteiger charge is -2.21. The number of hydrogen-bond donors (Lipinski definition) is 3. The van der Waals surface area contributed by atoms with E-state index in [1.807, 2.05) is 37.3 Å². The van der Waals surface area contributed by atoms with Crippen molar-refractivity contribution in [2.45, 2.75) is 20.0 Å². The number of aryl methyl sites for hydroxylation is 2. The van der Waals surface area contributed by atoms with Crippen LogP contribution in [0.4, 0.5) is 11.6 Å². The first-order valence-corrected chi connectivity index (χ1v) is 7.98. The van der Waals surface area contributed by atoms with Crippen molar-refractivity contribution in [3.8, 4) is 0 Å². The summed E-state index contributed by atoms with van der Waals surface area (Å²) in [5.74, 6) is 1.71. The maximum Gasteiger partial charge on any atom is 0.357 e. The van der Waals surface area contributed by atoms with Gasteiger partial charge in [0, 0.05) is 11.8 Å². The molecule has 3 aromatic rings. The number of guanidine groups is 1. The van der Waals surface area contributed by atoms with E-state index >= 15 is 0 Å². The Morgan fingerprint density at radius 1 is 1.24 bits per heavy atom. The van der Waals surface area contributed by atoms with Gasteiger partial charge in [-0.25, -0.2) is 25.2 Å². The minimum Gasteiger partial charge on any atom is -0.464 e. The minimum absolute atomic E-state index is 0.154. The van der Waals surface area contributed by atoms with Gasteiger partial charge in [0.05, 0.1) is 12.0 Å². The van der Waals surface area contributed by atoms with Crippen LogP contribution in [-0.4, -0.2) is 15.5 Å². The molecule has 0 fully saturated rings. The van der Waals surface area contributed by atoms with E-state index in [4.69, 9.17) is 4.42 Å². The fraction of sp³-hybridized carbons (Fsp3) is 0.167. The van der Waals surface area contributed by atoms with Crippen LogP contribution in [0.2, 0.25) is 0 Å². The van der Waals surface area contributed by atoms with Crippen molar-refractivity contribution in [2.75, 3.05) is 10.6 Å². The topological polar surface area (TPSA) is 86.1 Å². The standard InChI is InChI=1S/C18H17N5O2/c1-11-5-7-13(8-6-11)20-17-21-16(14-4-3-9-25-14)23-15(24)10-12(2)19-18(23)22-17/h3-10,16H,1-2H3,(H2,19,20,21,22)/p+1/t16-/m1/s1. The summed E-state index contributed by atoms with van der Waals surface area (Å²) in [4.78, 5) is 20.2. The molecule has 1 aliphatic rings. The molecule has 4 rings (SSSR count).